The smallest absolute Gasteiger partial charge is 0.185 e. The molecule has 1 heterocycles. The van der Waals surface area contributed by atoms with Crippen LogP contribution in [-0.4, -0.2) is 24.4 Å². The summed E-state index contributed by atoms with van der Waals surface area (Å²) in [5, 5.41) is 16.9. The van der Waals surface area contributed by atoms with Gasteiger partial charge in [0.05, 0.1) is 17.3 Å². The highest BCUT2D eigenvalue weighted by Crippen LogP contribution is 2.29. The first-order chi connectivity index (χ1) is 9.15. The molecule has 0 bridgehead atoms. The van der Waals surface area contributed by atoms with Crippen molar-refractivity contribution in [1.29, 1.82) is 5.26 Å². The highest BCUT2D eigenvalue weighted by Gasteiger charge is 2.07. The Morgan fingerprint density at radius 2 is 2.05 bits per heavy atom. The summed E-state index contributed by atoms with van der Waals surface area (Å²) in [6.07, 6.45) is 1.97. The van der Waals surface area contributed by atoms with Crippen LogP contribution in [0.2, 0.25) is 0 Å². The fourth-order valence-corrected chi connectivity index (χ4v) is 2.08. The van der Waals surface area contributed by atoms with E-state index in [0.717, 1.165) is 21.5 Å². The van der Waals surface area contributed by atoms with Crippen LogP contribution < -0.4 is 9.64 Å². The first-order valence-electron chi connectivity index (χ1n) is 5.47. The lowest BCUT2D eigenvalue weighted by atomic mass is 10.1. The highest BCUT2D eigenvalue weighted by molar-refractivity contribution is 9.10. The van der Waals surface area contributed by atoms with E-state index >= 15 is 0 Å². The average Bonchev–Trinajstić information content (AvgIpc) is 2.46. The zero-order valence-electron chi connectivity index (χ0n) is 10.5. The molecule has 0 aliphatic carbocycles. The number of nitriles is 1. The number of nitrogens with zero attached hydrogens (tertiary/aromatic N) is 4. The fourth-order valence-electron chi connectivity index (χ4n) is 1.54. The summed E-state index contributed by atoms with van der Waals surface area (Å²) in [5.41, 5.74) is 1.66. The minimum Gasteiger partial charge on any atom is -0.496 e. The van der Waals surface area contributed by atoms with E-state index in [1.807, 2.05) is 30.5 Å². The van der Waals surface area contributed by atoms with Gasteiger partial charge in [0.25, 0.3) is 0 Å². The van der Waals surface area contributed by atoms with Gasteiger partial charge in [0.15, 0.2) is 12.0 Å². The van der Waals surface area contributed by atoms with Crippen molar-refractivity contribution in [1.82, 2.24) is 10.2 Å². The quantitative estimate of drug-likeness (QED) is 0.643. The van der Waals surface area contributed by atoms with Crippen LogP contribution in [0.5, 0.6) is 5.75 Å². The molecule has 0 aliphatic heterocycles. The maximum absolute atomic E-state index is 8.76. The summed E-state index contributed by atoms with van der Waals surface area (Å²) in [6.45, 7) is 0. The van der Waals surface area contributed by atoms with Crippen LogP contribution >= 0.6 is 15.9 Å². The molecule has 0 atom stereocenters. The minimum absolute atomic E-state index is 0.513. The number of hydrogen-bond donors (Lipinski definition) is 0. The predicted molar refractivity (Wildman–Crippen MR) is 75.7 cm³/mol. The largest absolute Gasteiger partial charge is 0.496 e. The van der Waals surface area contributed by atoms with Gasteiger partial charge in [-0.3, -0.25) is 4.90 Å². The molecule has 96 valence electrons. The number of rotatable bonds is 3. The molecule has 0 fully saturated rings. The number of hydrogen-bond acceptors (Lipinski definition) is 5. The Kier molecular flexibility index (Phi) is 3.97. The molecule has 1 aromatic carbocycles. The lowest BCUT2D eigenvalue weighted by Crippen LogP contribution is -2.10. The average molecular weight is 319 g/mol. The Morgan fingerprint density at radius 1 is 1.26 bits per heavy atom. The molecule has 0 radical (unpaired) electrons. The molecule has 6 heteroatoms. The van der Waals surface area contributed by atoms with Gasteiger partial charge < -0.3 is 4.74 Å². The van der Waals surface area contributed by atoms with E-state index in [-0.39, 0.29) is 0 Å². The lowest BCUT2D eigenvalue weighted by molar-refractivity contribution is 0.412. The van der Waals surface area contributed by atoms with Crippen LogP contribution in [0.1, 0.15) is 0 Å². The Labute approximate surface area is 119 Å². The number of anilines is 1. The van der Waals surface area contributed by atoms with Crippen LogP contribution in [0.15, 0.2) is 34.8 Å². The Bertz CT molecular complexity index is 622. The molecule has 0 unspecified atom stereocenters. The first-order valence-corrected chi connectivity index (χ1v) is 6.26. The highest BCUT2D eigenvalue weighted by atomic mass is 79.9. The standard InChI is InChI=1S/C13H11BrN4O/c1-18(8-15)13-6-4-11(16-17-13)9-3-5-12(19-2)10(14)7-9/h3-7H,1-2H3. The van der Waals surface area contributed by atoms with Gasteiger partial charge in [0, 0.05) is 12.6 Å². The molecule has 0 aliphatic rings. The van der Waals surface area contributed by atoms with Crippen molar-refractivity contribution in [2.75, 3.05) is 19.1 Å². The van der Waals surface area contributed by atoms with Crippen LogP contribution in [0, 0.1) is 11.5 Å². The topological polar surface area (TPSA) is 62.0 Å². The fraction of sp³-hybridized carbons (Fsp3) is 0.154. The van der Waals surface area contributed by atoms with Crippen molar-refractivity contribution in [2.24, 2.45) is 0 Å². The molecule has 0 N–H and O–H groups in total. The third-order valence-corrected chi connectivity index (χ3v) is 3.21. The van der Waals surface area contributed by atoms with Gasteiger partial charge in [-0.25, -0.2) is 0 Å². The molecule has 0 saturated carbocycles. The van der Waals surface area contributed by atoms with E-state index < -0.39 is 0 Å². The summed E-state index contributed by atoms with van der Waals surface area (Å²) in [5.74, 6) is 1.27. The Morgan fingerprint density at radius 3 is 2.58 bits per heavy atom. The Balaban J connectivity index is 2.33. The maximum Gasteiger partial charge on any atom is 0.185 e. The van der Waals surface area contributed by atoms with Crippen LogP contribution in [0.3, 0.4) is 0 Å². The third kappa shape index (κ3) is 2.83. The summed E-state index contributed by atoms with van der Waals surface area (Å²) >= 11 is 3.43. The molecule has 0 saturated heterocycles. The first kappa shape index (κ1) is 13.3. The third-order valence-electron chi connectivity index (χ3n) is 2.59. The van der Waals surface area contributed by atoms with E-state index in [2.05, 4.69) is 26.1 Å². The Hall–Kier alpha value is -2.13. The second-order valence-corrected chi connectivity index (χ2v) is 4.64. The molecule has 0 amide bonds. The molecule has 19 heavy (non-hydrogen) atoms. The van der Waals surface area contributed by atoms with Crippen molar-refractivity contribution in [3.05, 3.63) is 34.8 Å². The molecule has 1 aromatic heterocycles. The number of aromatic nitrogens is 2. The predicted octanol–water partition coefficient (Wildman–Crippen LogP) is 2.83. The van der Waals surface area contributed by atoms with Crippen LogP contribution in [-0.2, 0) is 0 Å². The second kappa shape index (κ2) is 5.67. The van der Waals surface area contributed by atoms with E-state index in [1.165, 1.54) is 4.90 Å². The van der Waals surface area contributed by atoms with Crippen LogP contribution in [0.25, 0.3) is 11.3 Å². The lowest BCUT2D eigenvalue weighted by Gasteiger charge is -2.08. The molecular formula is C13H11BrN4O. The zero-order valence-corrected chi connectivity index (χ0v) is 12.0. The maximum atomic E-state index is 8.76. The van der Waals surface area contributed by atoms with Crippen LogP contribution in [0.4, 0.5) is 5.82 Å². The zero-order chi connectivity index (χ0) is 13.8. The molecule has 2 aromatic rings. The van der Waals surface area contributed by atoms with E-state index in [4.69, 9.17) is 10.00 Å². The number of benzene rings is 1. The molecule has 5 nitrogen and oxygen atoms in total. The van der Waals surface area contributed by atoms with E-state index in [9.17, 15) is 0 Å². The molecule has 0 spiro atoms. The van der Waals surface area contributed by atoms with Gasteiger partial charge in [-0.1, -0.05) is 0 Å². The van der Waals surface area contributed by atoms with Crippen molar-refractivity contribution in [3.63, 3.8) is 0 Å². The van der Waals surface area contributed by atoms with E-state index in [0.29, 0.717) is 5.82 Å². The van der Waals surface area contributed by atoms with Gasteiger partial charge in [-0.05, 0) is 46.3 Å². The molecular weight excluding hydrogens is 308 g/mol. The van der Waals surface area contributed by atoms with Gasteiger partial charge in [0.2, 0.25) is 0 Å². The number of halogens is 1. The number of ether oxygens (including phenoxy) is 1. The number of methoxy groups -OCH3 is 1. The van der Waals surface area contributed by atoms with E-state index in [1.54, 1.807) is 20.2 Å². The summed E-state index contributed by atoms with van der Waals surface area (Å²) in [7, 11) is 3.25. The molecule has 2 rings (SSSR count). The van der Waals surface area contributed by atoms with Crippen molar-refractivity contribution in [2.45, 2.75) is 0 Å². The summed E-state index contributed by atoms with van der Waals surface area (Å²) < 4.78 is 6.03. The normalized spacial score (nSPS) is 9.79. The minimum atomic E-state index is 0.513. The summed E-state index contributed by atoms with van der Waals surface area (Å²) in [4.78, 5) is 1.35. The van der Waals surface area contributed by atoms with Gasteiger partial charge in [-0.2, -0.15) is 5.26 Å². The van der Waals surface area contributed by atoms with Crippen molar-refractivity contribution < 1.29 is 4.74 Å². The van der Waals surface area contributed by atoms with Crippen molar-refractivity contribution in [3.8, 4) is 23.2 Å². The van der Waals surface area contributed by atoms with Gasteiger partial charge in [-0.15, -0.1) is 10.2 Å². The van der Waals surface area contributed by atoms with Gasteiger partial charge in [0.1, 0.15) is 5.75 Å². The SMILES string of the molecule is COc1ccc(-c2ccc(N(C)C#N)nn2)cc1Br. The monoisotopic (exact) mass is 318 g/mol. The van der Waals surface area contributed by atoms with Crippen molar-refractivity contribution >= 4 is 21.7 Å². The van der Waals surface area contributed by atoms with Gasteiger partial charge >= 0.3 is 0 Å². The summed E-state index contributed by atoms with van der Waals surface area (Å²) in [6, 6.07) is 9.25. The second-order valence-electron chi connectivity index (χ2n) is 3.79.